The molecule has 3 aromatic rings. The number of sulfonamides is 1. The summed E-state index contributed by atoms with van der Waals surface area (Å²) in [4.78, 5) is 12.1. The van der Waals surface area contributed by atoms with Gasteiger partial charge in [-0.25, -0.2) is 8.42 Å². The Hall–Kier alpha value is -3.09. The van der Waals surface area contributed by atoms with Gasteiger partial charge < -0.3 is 5.32 Å². The van der Waals surface area contributed by atoms with Crippen LogP contribution < -0.4 is 10.0 Å². The van der Waals surface area contributed by atoms with Crippen molar-refractivity contribution < 1.29 is 13.2 Å². The molecular weight excluding hydrogens is 396 g/mol. The Balaban J connectivity index is 1.65. The predicted octanol–water partition coefficient (Wildman–Crippen LogP) is 4.79. The molecule has 7 heteroatoms. The number of hydrogen-bond acceptors (Lipinski definition) is 3. The summed E-state index contributed by atoms with van der Waals surface area (Å²) in [5, 5.41) is 3.22. The highest BCUT2D eigenvalue weighted by Crippen LogP contribution is 2.19. The van der Waals surface area contributed by atoms with Gasteiger partial charge in [0.1, 0.15) is 0 Å². The third-order valence-electron chi connectivity index (χ3n) is 3.78. The minimum Gasteiger partial charge on any atom is -0.323 e. The van der Waals surface area contributed by atoms with E-state index in [4.69, 9.17) is 11.6 Å². The Bertz CT molecular complexity index is 1100. The molecule has 28 heavy (non-hydrogen) atoms. The molecule has 142 valence electrons. The van der Waals surface area contributed by atoms with Crippen LogP contribution in [0, 0.1) is 0 Å². The molecule has 5 nitrogen and oxygen atoms in total. The van der Waals surface area contributed by atoms with Crippen LogP contribution in [0.1, 0.15) is 5.56 Å². The fraction of sp³-hybridized carbons (Fsp3) is 0. The summed E-state index contributed by atoms with van der Waals surface area (Å²) in [5.74, 6) is -0.349. The van der Waals surface area contributed by atoms with Gasteiger partial charge in [-0.15, -0.1) is 0 Å². The number of para-hydroxylation sites is 1. The highest BCUT2D eigenvalue weighted by Gasteiger charge is 2.14. The summed E-state index contributed by atoms with van der Waals surface area (Å²) in [6.45, 7) is 0. The second kappa shape index (κ2) is 8.73. The predicted molar refractivity (Wildman–Crippen MR) is 113 cm³/mol. The van der Waals surface area contributed by atoms with E-state index in [1.54, 1.807) is 48.5 Å². The van der Waals surface area contributed by atoms with Gasteiger partial charge in [0.15, 0.2) is 0 Å². The van der Waals surface area contributed by atoms with E-state index in [0.29, 0.717) is 16.4 Å². The number of rotatable bonds is 6. The molecule has 0 aromatic heterocycles. The molecule has 3 rings (SSSR count). The zero-order chi connectivity index (χ0) is 20.0. The van der Waals surface area contributed by atoms with Crippen molar-refractivity contribution >= 4 is 45.0 Å². The van der Waals surface area contributed by atoms with Crippen molar-refractivity contribution in [2.45, 2.75) is 4.90 Å². The van der Waals surface area contributed by atoms with Gasteiger partial charge in [-0.2, -0.15) is 0 Å². The maximum atomic E-state index is 12.4. The van der Waals surface area contributed by atoms with E-state index >= 15 is 0 Å². The second-order valence-corrected chi connectivity index (χ2v) is 7.93. The molecule has 0 aliphatic carbocycles. The minimum absolute atomic E-state index is 0.0981. The maximum Gasteiger partial charge on any atom is 0.261 e. The largest absolute Gasteiger partial charge is 0.323 e. The first-order chi connectivity index (χ1) is 13.4. The van der Waals surface area contributed by atoms with E-state index in [1.165, 1.54) is 30.3 Å². The van der Waals surface area contributed by atoms with E-state index in [2.05, 4.69) is 10.0 Å². The van der Waals surface area contributed by atoms with Gasteiger partial charge in [0.25, 0.3) is 10.0 Å². The Labute approximate surface area is 168 Å². The standard InChI is InChI=1S/C21H17ClN2O3S/c22-20-9-5-4-6-16(20)10-15-21(25)23-17-11-13-19(14-12-17)28(26,27)24-18-7-2-1-3-8-18/h1-15,24H,(H,23,25)/b15-10+. The van der Waals surface area contributed by atoms with Gasteiger partial charge in [0, 0.05) is 22.5 Å². The van der Waals surface area contributed by atoms with Crippen LogP contribution in [0.3, 0.4) is 0 Å². The van der Waals surface area contributed by atoms with Crippen LogP contribution in [0.2, 0.25) is 5.02 Å². The number of halogens is 1. The quantitative estimate of drug-likeness (QED) is 0.571. The average Bonchev–Trinajstić information content (AvgIpc) is 2.68. The summed E-state index contributed by atoms with van der Waals surface area (Å²) in [6, 6.07) is 21.7. The van der Waals surface area contributed by atoms with Gasteiger partial charge in [-0.3, -0.25) is 9.52 Å². The topological polar surface area (TPSA) is 75.3 Å². The number of carbonyl (C=O) groups excluding carboxylic acids is 1. The first kappa shape index (κ1) is 19.7. The van der Waals surface area contributed by atoms with Gasteiger partial charge in [0.05, 0.1) is 4.90 Å². The van der Waals surface area contributed by atoms with Gasteiger partial charge in [-0.05, 0) is 54.1 Å². The third kappa shape index (κ3) is 5.22. The monoisotopic (exact) mass is 412 g/mol. The van der Waals surface area contributed by atoms with Crippen LogP contribution >= 0.6 is 11.6 Å². The molecule has 0 saturated heterocycles. The molecule has 0 spiro atoms. The van der Waals surface area contributed by atoms with Crippen LogP contribution in [0.4, 0.5) is 11.4 Å². The normalized spacial score (nSPS) is 11.3. The van der Waals surface area contributed by atoms with Crippen molar-refractivity contribution in [2.24, 2.45) is 0 Å². The summed E-state index contributed by atoms with van der Waals surface area (Å²) in [6.07, 6.45) is 2.98. The lowest BCUT2D eigenvalue weighted by Crippen LogP contribution is -2.13. The summed E-state index contributed by atoms with van der Waals surface area (Å²) >= 11 is 6.04. The summed E-state index contributed by atoms with van der Waals surface area (Å²) in [7, 11) is -3.70. The van der Waals surface area contributed by atoms with Crippen molar-refractivity contribution in [3.8, 4) is 0 Å². The van der Waals surface area contributed by atoms with Gasteiger partial charge in [0.2, 0.25) is 5.91 Å². The Morgan fingerprint density at radius 1 is 0.821 bits per heavy atom. The van der Waals surface area contributed by atoms with Crippen LogP contribution in [0.5, 0.6) is 0 Å². The van der Waals surface area contributed by atoms with Crippen molar-refractivity contribution in [3.05, 3.63) is 95.5 Å². The zero-order valence-corrected chi connectivity index (χ0v) is 16.2. The SMILES string of the molecule is O=C(/C=C/c1ccccc1Cl)Nc1ccc(S(=O)(=O)Nc2ccccc2)cc1. The maximum absolute atomic E-state index is 12.4. The molecule has 0 atom stereocenters. The summed E-state index contributed by atoms with van der Waals surface area (Å²) in [5.41, 5.74) is 1.69. The van der Waals surface area contributed by atoms with E-state index < -0.39 is 10.0 Å². The lowest BCUT2D eigenvalue weighted by Gasteiger charge is -2.09. The van der Waals surface area contributed by atoms with E-state index in [1.807, 2.05) is 12.1 Å². The lowest BCUT2D eigenvalue weighted by molar-refractivity contribution is -0.111. The molecule has 0 radical (unpaired) electrons. The van der Waals surface area contributed by atoms with Crippen LogP contribution in [-0.4, -0.2) is 14.3 Å². The van der Waals surface area contributed by atoms with Gasteiger partial charge in [-0.1, -0.05) is 48.0 Å². The number of anilines is 2. The molecule has 0 fully saturated rings. The average molecular weight is 413 g/mol. The number of carbonyl (C=O) groups is 1. The van der Waals surface area contributed by atoms with Crippen molar-refractivity contribution in [2.75, 3.05) is 10.0 Å². The second-order valence-electron chi connectivity index (χ2n) is 5.84. The Morgan fingerprint density at radius 2 is 1.46 bits per heavy atom. The number of hydrogen-bond donors (Lipinski definition) is 2. The fourth-order valence-corrected chi connectivity index (χ4v) is 3.65. The van der Waals surface area contributed by atoms with Crippen LogP contribution in [0.15, 0.2) is 89.8 Å². The highest BCUT2D eigenvalue weighted by molar-refractivity contribution is 7.92. The lowest BCUT2D eigenvalue weighted by atomic mass is 10.2. The molecule has 1 amide bonds. The first-order valence-corrected chi connectivity index (χ1v) is 10.2. The molecule has 2 N–H and O–H groups in total. The van der Waals surface area contributed by atoms with Crippen molar-refractivity contribution in [1.82, 2.24) is 0 Å². The Kier molecular flexibility index (Phi) is 6.13. The summed E-state index contributed by atoms with van der Waals surface area (Å²) < 4.78 is 27.3. The minimum atomic E-state index is -3.70. The third-order valence-corrected chi connectivity index (χ3v) is 5.52. The number of nitrogens with one attached hydrogen (secondary N) is 2. The molecule has 0 bridgehead atoms. The first-order valence-electron chi connectivity index (χ1n) is 8.35. The molecular formula is C21H17ClN2O3S. The number of benzene rings is 3. The molecule has 0 heterocycles. The smallest absolute Gasteiger partial charge is 0.261 e. The van der Waals surface area contributed by atoms with Crippen LogP contribution in [0.25, 0.3) is 6.08 Å². The van der Waals surface area contributed by atoms with E-state index in [0.717, 1.165) is 5.56 Å². The van der Waals surface area contributed by atoms with E-state index in [-0.39, 0.29) is 10.8 Å². The fourth-order valence-electron chi connectivity index (χ4n) is 2.40. The van der Waals surface area contributed by atoms with Crippen molar-refractivity contribution in [3.63, 3.8) is 0 Å². The molecule has 0 unspecified atom stereocenters. The number of amides is 1. The molecule has 0 aliphatic heterocycles. The zero-order valence-electron chi connectivity index (χ0n) is 14.7. The molecule has 3 aromatic carbocycles. The highest BCUT2D eigenvalue weighted by atomic mass is 35.5. The van der Waals surface area contributed by atoms with Crippen LogP contribution in [-0.2, 0) is 14.8 Å². The molecule has 0 aliphatic rings. The van der Waals surface area contributed by atoms with Crippen molar-refractivity contribution in [1.29, 1.82) is 0 Å². The molecule has 0 saturated carbocycles. The van der Waals surface area contributed by atoms with Gasteiger partial charge >= 0.3 is 0 Å². The van der Waals surface area contributed by atoms with E-state index in [9.17, 15) is 13.2 Å². The Morgan fingerprint density at radius 3 is 2.14 bits per heavy atom.